The number of hydrogen-bond acceptors (Lipinski definition) is 5. The van der Waals surface area contributed by atoms with Crippen LogP contribution in [0.3, 0.4) is 0 Å². The Morgan fingerprint density at radius 3 is 2.25 bits per heavy atom. The normalized spacial score (nSPS) is 17.3. The lowest BCUT2D eigenvalue weighted by Gasteiger charge is -2.34. The van der Waals surface area contributed by atoms with E-state index in [4.69, 9.17) is 4.74 Å². The third-order valence-corrected chi connectivity index (χ3v) is 6.10. The molecule has 1 aromatic carbocycles. The lowest BCUT2D eigenvalue weighted by atomic mass is 10.3. The van der Waals surface area contributed by atoms with Crippen LogP contribution in [0, 0.1) is 0 Å². The SMILES string of the molecule is CCOc1ccc(S(=O)(=O)N2CCN(CCCN(C)C)CC2)cc1. The zero-order chi connectivity index (χ0) is 17.6. The average molecular weight is 356 g/mol. The molecular weight excluding hydrogens is 326 g/mol. The molecule has 24 heavy (non-hydrogen) atoms. The van der Waals surface area contributed by atoms with E-state index in [1.165, 1.54) is 0 Å². The highest BCUT2D eigenvalue weighted by atomic mass is 32.2. The van der Waals surface area contributed by atoms with Crippen molar-refractivity contribution in [3.05, 3.63) is 24.3 Å². The fraction of sp³-hybridized carbons (Fsp3) is 0.647. The van der Waals surface area contributed by atoms with E-state index < -0.39 is 10.0 Å². The Hall–Kier alpha value is -1.15. The summed E-state index contributed by atoms with van der Waals surface area (Å²) in [5.74, 6) is 0.696. The van der Waals surface area contributed by atoms with E-state index in [0.29, 0.717) is 30.3 Å². The van der Waals surface area contributed by atoms with Crippen LogP contribution in [0.15, 0.2) is 29.2 Å². The first-order chi connectivity index (χ1) is 11.4. The van der Waals surface area contributed by atoms with E-state index in [2.05, 4.69) is 23.9 Å². The van der Waals surface area contributed by atoms with E-state index in [1.54, 1.807) is 28.6 Å². The van der Waals surface area contributed by atoms with Crippen LogP contribution in [0.4, 0.5) is 0 Å². The largest absolute Gasteiger partial charge is 0.494 e. The number of sulfonamides is 1. The minimum absolute atomic E-state index is 0.340. The fourth-order valence-electron chi connectivity index (χ4n) is 2.83. The molecule has 6 nitrogen and oxygen atoms in total. The van der Waals surface area contributed by atoms with Crippen LogP contribution in [-0.2, 0) is 10.0 Å². The number of rotatable bonds is 8. The van der Waals surface area contributed by atoms with Gasteiger partial charge in [0.2, 0.25) is 10.0 Å². The predicted molar refractivity (Wildman–Crippen MR) is 96.0 cm³/mol. The molecule has 1 saturated heterocycles. The number of ether oxygens (including phenoxy) is 1. The molecule has 0 radical (unpaired) electrons. The van der Waals surface area contributed by atoms with Gasteiger partial charge in [-0.15, -0.1) is 0 Å². The highest BCUT2D eigenvalue weighted by Crippen LogP contribution is 2.20. The van der Waals surface area contributed by atoms with Crippen molar-refractivity contribution in [2.24, 2.45) is 0 Å². The first-order valence-electron chi connectivity index (χ1n) is 8.53. The lowest BCUT2D eigenvalue weighted by molar-refractivity contribution is 0.181. The van der Waals surface area contributed by atoms with Gasteiger partial charge in [0, 0.05) is 26.2 Å². The highest BCUT2D eigenvalue weighted by molar-refractivity contribution is 7.89. The highest BCUT2D eigenvalue weighted by Gasteiger charge is 2.28. The summed E-state index contributed by atoms with van der Waals surface area (Å²) in [5.41, 5.74) is 0. The van der Waals surface area contributed by atoms with Gasteiger partial charge in [0.25, 0.3) is 0 Å². The van der Waals surface area contributed by atoms with Crippen molar-refractivity contribution in [2.75, 3.05) is 60.0 Å². The van der Waals surface area contributed by atoms with Crippen molar-refractivity contribution in [3.8, 4) is 5.75 Å². The van der Waals surface area contributed by atoms with Crippen molar-refractivity contribution >= 4 is 10.0 Å². The third-order valence-electron chi connectivity index (χ3n) is 4.18. The molecule has 1 aliphatic heterocycles. The molecule has 1 heterocycles. The Balaban J connectivity index is 1.89. The van der Waals surface area contributed by atoms with E-state index in [0.717, 1.165) is 32.6 Å². The summed E-state index contributed by atoms with van der Waals surface area (Å²) in [6, 6.07) is 6.69. The number of benzene rings is 1. The van der Waals surface area contributed by atoms with E-state index >= 15 is 0 Å². The van der Waals surface area contributed by atoms with Gasteiger partial charge >= 0.3 is 0 Å². The summed E-state index contributed by atoms with van der Waals surface area (Å²) >= 11 is 0. The molecule has 0 spiro atoms. The topological polar surface area (TPSA) is 53.1 Å². The smallest absolute Gasteiger partial charge is 0.243 e. The van der Waals surface area contributed by atoms with Crippen molar-refractivity contribution in [1.29, 1.82) is 0 Å². The quantitative estimate of drug-likeness (QED) is 0.704. The molecule has 0 saturated carbocycles. The van der Waals surface area contributed by atoms with Crippen molar-refractivity contribution in [1.82, 2.24) is 14.1 Å². The second-order valence-electron chi connectivity index (χ2n) is 6.31. The Morgan fingerprint density at radius 1 is 1.08 bits per heavy atom. The molecule has 0 amide bonds. The Bertz CT molecular complexity index is 594. The van der Waals surface area contributed by atoms with Crippen LogP contribution in [0.2, 0.25) is 0 Å². The first-order valence-corrected chi connectivity index (χ1v) is 9.97. The molecular formula is C17H29N3O3S. The van der Waals surface area contributed by atoms with Gasteiger partial charge in [-0.1, -0.05) is 0 Å². The Morgan fingerprint density at radius 2 is 1.71 bits per heavy atom. The maximum absolute atomic E-state index is 12.7. The van der Waals surface area contributed by atoms with Gasteiger partial charge in [-0.3, -0.25) is 0 Å². The third kappa shape index (κ3) is 5.17. The van der Waals surface area contributed by atoms with Gasteiger partial charge in [0.1, 0.15) is 5.75 Å². The lowest BCUT2D eigenvalue weighted by Crippen LogP contribution is -2.48. The Kier molecular flexibility index (Phi) is 7.03. The van der Waals surface area contributed by atoms with Crippen LogP contribution in [0.5, 0.6) is 5.75 Å². The standard InChI is InChI=1S/C17H29N3O3S/c1-4-23-16-6-8-17(9-7-16)24(21,22)20-14-12-19(13-15-20)11-5-10-18(2)3/h6-9H,4-5,10-15H2,1-3H3. The average Bonchev–Trinajstić information content (AvgIpc) is 2.56. The summed E-state index contributed by atoms with van der Waals surface area (Å²) in [7, 11) is 0.733. The van der Waals surface area contributed by atoms with Crippen molar-refractivity contribution in [3.63, 3.8) is 0 Å². The predicted octanol–water partition coefficient (Wildman–Crippen LogP) is 1.34. The number of hydrogen-bond donors (Lipinski definition) is 0. The summed E-state index contributed by atoms with van der Waals surface area (Å²) < 4.78 is 32.4. The Labute approximate surface area is 146 Å². The fourth-order valence-corrected chi connectivity index (χ4v) is 4.25. The van der Waals surface area contributed by atoms with E-state index in [9.17, 15) is 8.42 Å². The molecule has 7 heteroatoms. The molecule has 1 fully saturated rings. The van der Waals surface area contributed by atoms with Crippen LogP contribution in [0.1, 0.15) is 13.3 Å². The monoisotopic (exact) mass is 355 g/mol. The van der Waals surface area contributed by atoms with Crippen molar-refractivity contribution in [2.45, 2.75) is 18.2 Å². The molecule has 136 valence electrons. The van der Waals surface area contributed by atoms with Crippen LogP contribution in [0.25, 0.3) is 0 Å². The van der Waals surface area contributed by atoms with Crippen LogP contribution >= 0.6 is 0 Å². The minimum atomic E-state index is -3.41. The molecule has 0 aromatic heterocycles. The molecule has 1 aliphatic rings. The number of nitrogens with zero attached hydrogens (tertiary/aromatic N) is 3. The van der Waals surface area contributed by atoms with Gasteiger partial charge in [-0.25, -0.2) is 8.42 Å². The molecule has 0 atom stereocenters. The van der Waals surface area contributed by atoms with E-state index in [1.807, 2.05) is 6.92 Å². The van der Waals surface area contributed by atoms with Crippen LogP contribution in [-0.4, -0.2) is 82.5 Å². The summed E-state index contributed by atoms with van der Waals surface area (Å²) in [6.07, 6.45) is 1.11. The maximum Gasteiger partial charge on any atom is 0.243 e. The molecule has 0 aliphatic carbocycles. The second-order valence-corrected chi connectivity index (χ2v) is 8.24. The second kappa shape index (κ2) is 8.80. The maximum atomic E-state index is 12.7. The summed E-state index contributed by atoms with van der Waals surface area (Å²) in [6.45, 7) is 7.26. The molecule has 2 rings (SSSR count). The molecule has 0 bridgehead atoms. The molecule has 0 N–H and O–H groups in total. The van der Waals surface area contributed by atoms with Gasteiger partial charge < -0.3 is 14.5 Å². The van der Waals surface area contributed by atoms with Gasteiger partial charge in [-0.05, 0) is 64.8 Å². The van der Waals surface area contributed by atoms with Gasteiger partial charge in [0.05, 0.1) is 11.5 Å². The summed E-state index contributed by atoms with van der Waals surface area (Å²) in [5, 5.41) is 0. The minimum Gasteiger partial charge on any atom is -0.494 e. The zero-order valence-electron chi connectivity index (χ0n) is 14.9. The van der Waals surface area contributed by atoms with Crippen molar-refractivity contribution < 1.29 is 13.2 Å². The molecule has 0 unspecified atom stereocenters. The first kappa shape index (κ1) is 19.2. The number of piperazine rings is 1. The molecule has 1 aromatic rings. The van der Waals surface area contributed by atoms with Gasteiger partial charge in [0.15, 0.2) is 0 Å². The van der Waals surface area contributed by atoms with Crippen LogP contribution < -0.4 is 4.74 Å². The van der Waals surface area contributed by atoms with E-state index in [-0.39, 0.29) is 0 Å². The summed E-state index contributed by atoms with van der Waals surface area (Å²) in [4.78, 5) is 4.85. The zero-order valence-corrected chi connectivity index (χ0v) is 15.8. The van der Waals surface area contributed by atoms with Gasteiger partial charge in [-0.2, -0.15) is 4.31 Å².